The van der Waals surface area contributed by atoms with Gasteiger partial charge in [-0.05, 0) is 13.3 Å². The normalized spacial score (nSPS) is 11.6. The molecule has 1 aromatic rings. The molecule has 1 aromatic heterocycles. The first kappa shape index (κ1) is 12.7. The van der Waals surface area contributed by atoms with Crippen molar-refractivity contribution in [1.29, 1.82) is 0 Å². The van der Waals surface area contributed by atoms with E-state index in [2.05, 4.69) is 14.7 Å². The van der Waals surface area contributed by atoms with E-state index < -0.39 is 16.0 Å². The molecule has 16 heavy (non-hydrogen) atoms. The summed E-state index contributed by atoms with van der Waals surface area (Å²) in [6.07, 6.45) is 1.40. The maximum atomic E-state index is 11.6. The summed E-state index contributed by atoms with van der Waals surface area (Å²) >= 11 is 0. The third-order valence-corrected chi connectivity index (χ3v) is 3.20. The summed E-state index contributed by atoms with van der Waals surface area (Å²) in [5.74, 6) is -0.442. The second-order valence-electron chi connectivity index (χ2n) is 3.23. The van der Waals surface area contributed by atoms with Gasteiger partial charge >= 0.3 is 5.97 Å². The van der Waals surface area contributed by atoms with E-state index in [-0.39, 0.29) is 24.4 Å². The van der Waals surface area contributed by atoms with Gasteiger partial charge in [0.15, 0.2) is 5.03 Å². The number of nitrogens with zero attached hydrogens (tertiary/aromatic N) is 1. The Morgan fingerprint density at radius 3 is 2.81 bits per heavy atom. The predicted octanol–water partition coefficient (Wildman–Crippen LogP) is -0.139. The van der Waals surface area contributed by atoms with Crippen molar-refractivity contribution in [2.45, 2.75) is 24.8 Å². The number of aryl methyl sites for hydroxylation is 1. The standard InChI is InChI=1S/C8H13N3O4S/c1-6-9-5-7(11-6)16(14,15)10-4-2-3-8(12)13/h5,10H,2-4H2,1H3,(H,9,11)(H,12,13). The number of aromatic amines is 1. The van der Waals surface area contributed by atoms with E-state index in [1.165, 1.54) is 6.20 Å². The molecule has 90 valence electrons. The van der Waals surface area contributed by atoms with Crippen molar-refractivity contribution in [2.75, 3.05) is 6.54 Å². The molecule has 0 aliphatic heterocycles. The Hall–Kier alpha value is -1.41. The lowest BCUT2D eigenvalue weighted by Crippen LogP contribution is -2.25. The van der Waals surface area contributed by atoms with Crippen LogP contribution in [0.2, 0.25) is 0 Å². The number of aliphatic carboxylic acids is 1. The third kappa shape index (κ3) is 3.63. The van der Waals surface area contributed by atoms with Gasteiger partial charge in [-0.2, -0.15) is 0 Å². The number of aromatic nitrogens is 2. The maximum Gasteiger partial charge on any atom is 0.303 e. The Bertz CT molecular complexity index is 465. The van der Waals surface area contributed by atoms with Gasteiger partial charge in [-0.25, -0.2) is 18.1 Å². The Morgan fingerprint density at radius 2 is 2.31 bits per heavy atom. The summed E-state index contributed by atoms with van der Waals surface area (Å²) in [5.41, 5.74) is 0. The first-order valence-corrected chi connectivity index (χ1v) is 6.13. The first-order chi connectivity index (χ1) is 7.42. The van der Waals surface area contributed by atoms with E-state index >= 15 is 0 Å². The van der Waals surface area contributed by atoms with E-state index in [1.54, 1.807) is 6.92 Å². The number of carbonyl (C=O) groups is 1. The van der Waals surface area contributed by atoms with Crippen molar-refractivity contribution in [3.8, 4) is 0 Å². The van der Waals surface area contributed by atoms with Crippen LogP contribution in [0.1, 0.15) is 18.7 Å². The fourth-order valence-electron chi connectivity index (χ4n) is 1.06. The SMILES string of the molecule is Cc1ncc(S(=O)(=O)NCCCC(=O)O)[nH]1. The number of hydrogen-bond acceptors (Lipinski definition) is 4. The zero-order valence-electron chi connectivity index (χ0n) is 8.73. The van der Waals surface area contributed by atoms with Gasteiger partial charge in [0.1, 0.15) is 5.82 Å². The van der Waals surface area contributed by atoms with Crippen LogP contribution in [0.25, 0.3) is 0 Å². The second kappa shape index (κ2) is 5.08. The first-order valence-electron chi connectivity index (χ1n) is 4.65. The van der Waals surface area contributed by atoms with Gasteiger partial charge < -0.3 is 10.1 Å². The van der Waals surface area contributed by atoms with Crippen LogP contribution < -0.4 is 4.72 Å². The summed E-state index contributed by atoms with van der Waals surface area (Å²) in [6, 6.07) is 0. The van der Waals surface area contributed by atoms with Crippen LogP contribution >= 0.6 is 0 Å². The second-order valence-corrected chi connectivity index (χ2v) is 4.96. The molecule has 0 saturated carbocycles. The molecular weight excluding hydrogens is 234 g/mol. The number of sulfonamides is 1. The van der Waals surface area contributed by atoms with E-state index in [4.69, 9.17) is 5.11 Å². The van der Waals surface area contributed by atoms with Gasteiger partial charge in [0.25, 0.3) is 10.0 Å². The summed E-state index contributed by atoms with van der Waals surface area (Å²) in [4.78, 5) is 16.6. The highest BCUT2D eigenvalue weighted by molar-refractivity contribution is 7.89. The zero-order chi connectivity index (χ0) is 12.2. The van der Waals surface area contributed by atoms with Gasteiger partial charge in [0, 0.05) is 13.0 Å². The van der Waals surface area contributed by atoms with Crippen LogP contribution in [0.4, 0.5) is 0 Å². The Morgan fingerprint density at radius 1 is 1.62 bits per heavy atom. The number of carboxylic acids is 1. The molecule has 0 radical (unpaired) electrons. The highest BCUT2D eigenvalue weighted by Gasteiger charge is 2.15. The number of H-pyrrole nitrogens is 1. The molecule has 0 aromatic carbocycles. The Labute approximate surface area is 93.0 Å². The lowest BCUT2D eigenvalue weighted by atomic mass is 10.3. The number of imidazole rings is 1. The molecule has 0 atom stereocenters. The van der Waals surface area contributed by atoms with Gasteiger partial charge in [0.2, 0.25) is 0 Å². The Balaban J connectivity index is 2.50. The molecule has 0 saturated heterocycles. The van der Waals surface area contributed by atoms with Gasteiger partial charge in [-0.3, -0.25) is 4.79 Å². The van der Waals surface area contributed by atoms with Crippen molar-refractivity contribution >= 4 is 16.0 Å². The average molecular weight is 247 g/mol. The largest absolute Gasteiger partial charge is 0.481 e. The van der Waals surface area contributed by atoms with E-state index in [9.17, 15) is 13.2 Å². The van der Waals surface area contributed by atoms with Crippen LogP contribution in [0, 0.1) is 6.92 Å². The van der Waals surface area contributed by atoms with Crippen molar-refractivity contribution in [2.24, 2.45) is 0 Å². The van der Waals surface area contributed by atoms with Gasteiger partial charge in [-0.15, -0.1) is 0 Å². The smallest absolute Gasteiger partial charge is 0.303 e. The number of nitrogens with one attached hydrogen (secondary N) is 2. The molecule has 8 heteroatoms. The lowest BCUT2D eigenvalue weighted by Gasteiger charge is -2.02. The highest BCUT2D eigenvalue weighted by atomic mass is 32.2. The van der Waals surface area contributed by atoms with E-state index in [1.807, 2.05) is 0 Å². The van der Waals surface area contributed by atoms with Gasteiger partial charge in [-0.1, -0.05) is 0 Å². The fourth-order valence-corrected chi connectivity index (χ4v) is 2.10. The molecule has 0 aliphatic carbocycles. The van der Waals surface area contributed by atoms with Crippen LogP contribution in [0.3, 0.4) is 0 Å². The summed E-state index contributed by atoms with van der Waals surface area (Å²) < 4.78 is 25.4. The molecule has 0 fully saturated rings. The highest BCUT2D eigenvalue weighted by Crippen LogP contribution is 2.04. The minimum Gasteiger partial charge on any atom is -0.481 e. The fraction of sp³-hybridized carbons (Fsp3) is 0.500. The number of rotatable bonds is 6. The summed E-state index contributed by atoms with van der Waals surface area (Å²) in [7, 11) is -3.60. The van der Waals surface area contributed by atoms with Crippen molar-refractivity contribution in [3.63, 3.8) is 0 Å². The zero-order valence-corrected chi connectivity index (χ0v) is 9.54. The van der Waals surface area contributed by atoms with Crippen LogP contribution in [0.15, 0.2) is 11.2 Å². The Kier molecular flexibility index (Phi) is 4.02. The molecule has 0 aliphatic rings. The molecule has 0 unspecified atom stereocenters. The minimum absolute atomic E-state index is 0.0136. The van der Waals surface area contributed by atoms with Gasteiger partial charge in [0.05, 0.1) is 6.20 Å². The van der Waals surface area contributed by atoms with Crippen LogP contribution in [-0.2, 0) is 14.8 Å². The van der Waals surface area contributed by atoms with Crippen molar-refractivity contribution < 1.29 is 18.3 Å². The van der Waals surface area contributed by atoms with Crippen molar-refractivity contribution in [3.05, 3.63) is 12.0 Å². The van der Waals surface area contributed by atoms with E-state index in [0.717, 1.165) is 0 Å². The summed E-state index contributed by atoms with van der Waals surface area (Å²) in [5, 5.41) is 8.36. The molecule has 0 spiro atoms. The lowest BCUT2D eigenvalue weighted by molar-refractivity contribution is -0.137. The molecular formula is C8H13N3O4S. The minimum atomic E-state index is -3.60. The summed E-state index contributed by atoms with van der Waals surface area (Å²) in [6.45, 7) is 1.73. The molecule has 1 heterocycles. The predicted molar refractivity (Wildman–Crippen MR) is 55.4 cm³/mol. The third-order valence-electron chi connectivity index (χ3n) is 1.83. The molecule has 7 nitrogen and oxygen atoms in total. The van der Waals surface area contributed by atoms with Crippen LogP contribution in [0.5, 0.6) is 0 Å². The topological polar surface area (TPSA) is 112 Å². The van der Waals surface area contributed by atoms with Crippen molar-refractivity contribution in [1.82, 2.24) is 14.7 Å². The number of carboxylic acid groups (broad SMARTS) is 1. The number of hydrogen-bond donors (Lipinski definition) is 3. The molecule has 1 rings (SSSR count). The monoisotopic (exact) mass is 247 g/mol. The van der Waals surface area contributed by atoms with E-state index in [0.29, 0.717) is 5.82 Å². The quantitative estimate of drug-likeness (QED) is 0.606. The molecule has 3 N–H and O–H groups in total. The molecule has 0 bridgehead atoms. The average Bonchev–Trinajstić information content (AvgIpc) is 2.60. The molecule has 0 amide bonds. The maximum absolute atomic E-state index is 11.6. The van der Waals surface area contributed by atoms with Crippen LogP contribution in [-0.4, -0.2) is 36.0 Å².